The van der Waals surface area contributed by atoms with Gasteiger partial charge in [-0.05, 0) is 42.3 Å². The molecule has 0 heterocycles. The number of carbonyl (C=O) groups excluding carboxylic acids is 1. The Balaban J connectivity index is 2.19. The van der Waals surface area contributed by atoms with Crippen LogP contribution in [0.25, 0.3) is 0 Å². The summed E-state index contributed by atoms with van der Waals surface area (Å²) in [6.07, 6.45) is 0.751. The lowest BCUT2D eigenvalue weighted by Gasteiger charge is -2.24. The highest BCUT2D eigenvalue weighted by molar-refractivity contribution is 6.42. The van der Waals surface area contributed by atoms with Crippen molar-refractivity contribution in [3.8, 4) is 0 Å². The number of rotatable bonds is 5. The van der Waals surface area contributed by atoms with Crippen LogP contribution in [0, 0.1) is 11.6 Å². The summed E-state index contributed by atoms with van der Waals surface area (Å²) in [4.78, 5) is 13.8. The van der Waals surface area contributed by atoms with Crippen LogP contribution in [0.2, 0.25) is 10.0 Å². The maximum atomic E-state index is 13.8. The SMILES string of the molecule is CCC(CN(C)C(=O)c1cc(F)ccc1F)c1ccc(Cl)c(Cl)c1. The van der Waals surface area contributed by atoms with Gasteiger partial charge in [0, 0.05) is 19.5 Å². The molecule has 2 rings (SSSR count). The number of amides is 1. The lowest BCUT2D eigenvalue weighted by molar-refractivity contribution is 0.0780. The van der Waals surface area contributed by atoms with Gasteiger partial charge in [0.15, 0.2) is 0 Å². The second-order valence-electron chi connectivity index (χ2n) is 5.59. The summed E-state index contributed by atoms with van der Waals surface area (Å²) in [5, 5.41) is 0.902. The molecule has 0 radical (unpaired) electrons. The van der Waals surface area contributed by atoms with Crippen LogP contribution in [-0.4, -0.2) is 24.4 Å². The lowest BCUT2D eigenvalue weighted by atomic mass is 9.96. The molecule has 128 valence electrons. The van der Waals surface area contributed by atoms with E-state index in [0.29, 0.717) is 16.6 Å². The molecule has 1 atom stereocenters. The highest BCUT2D eigenvalue weighted by Gasteiger charge is 2.21. The summed E-state index contributed by atoms with van der Waals surface area (Å²) in [5.74, 6) is -1.95. The Morgan fingerprint density at radius 3 is 2.46 bits per heavy atom. The molecule has 0 bridgehead atoms. The third-order valence-electron chi connectivity index (χ3n) is 3.91. The van der Waals surface area contributed by atoms with Crippen LogP contribution in [0.1, 0.15) is 35.2 Å². The van der Waals surface area contributed by atoms with E-state index in [2.05, 4.69) is 0 Å². The fourth-order valence-electron chi connectivity index (χ4n) is 2.52. The molecule has 0 aliphatic rings. The molecule has 0 aliphatic heterocycles. The smallest absolute Gasteiger partial charge is 0.256 e. The van der Waals surface area contributed by atoms with Gasteiger partial charge in [-0.25, -0.2) is 8.78 Å². The zero-order valence-electron chi connectivity index (χ0n) is 13.3. The summed E-state index contributed by atoms with van der Waals surface area (Å²) in [7, 11) is 1.56. The van der Waals surface area contributed by atoms with Gasteiger partial charge in [-0.15, -0.1) is 0 Å². The Morgan fingerprint density at radius 1 is 1.12 bits per heavy atom. The Bertz CT molecular complexity index is 752. The quantitative estimate of drug-likeness (QED) is 0.675. The van der Waals surface area contributed by atoms with Gasteiger partial charge >= 0.3 is 0 Å². The largest absolute Gasteiger partial charge is 0.341 e. The zero-order valence-corrected chi connectivity index (χ0v) is 14.8. The second kappa shape index (κ2) is 7.95. The van der Waals surface area contributed by atoms with Crippen LogP contribution in [0.4, 0.5) is 8.78 Å². The number of halogens is 4. The molecule has 0 aromatic heterocycles. The average Bonchev–Trinajstić information content (AvgIpc) is 2.56. The summed E-state index contributed by atoms with van der Waals surface area (Å²) < 4.78 is 27.1. The van der Waals surface area contributed by atoms with Crippen LogP contribution >= 0.6 is 23.2 Å². The number of benzene rings is 2. The number of likely N-dealkylation sites (N-methyl/N-ethyl adjacent to an activating group) is 1. The van der Waals surface area contributed by atoms with Crippen molar-refractivity contribution in [3.63, 3.8) is 0 Å². The highest BCUT2D eigenvalue weighted by atomic mass is 35.5. The van der Waals surface area contributed by atoms with E-state index in [0.717, 1.165) is 30.2 Å². The van der Waals surface area contributed by atoms with E-state index in [1.54, 1.807) is 19.2 Å². The minimum atomic E-state index is -0.740. The first-order valence-corrected chi connectivity index (χ1v) is 8.24. The molecule has 0 spiro atoms. The van der Waals surface area contributed by atoms with Crippen molar-refractivity contribution < 1.29 is 13.6 Å². The maximum Gasteiger partial charge on any atom is 0.256 e. The molecule has 0 saturated carbocycles. The fourth-order valence-corrected chi connectivity index (χ4v) is 2.82. The minimum absolute atomic E-state index is 0.00494. The van der Waals surface area contributed by atoms with Crippen molar-refractivity contribution in [2.75, 3.05) is 13.6 Å². The number of hydrogen-bond donors (Lipinski definition) is 0. The van der Waals surface area contributed by atoms with Crippen molar-refractivity contribution in [2.24, 2.45) is 0 Å². The molecule has 6 heteroatoms. The maximum absolute atomic E-state index is 13.8. The van der Waals surface area contributed by atoms with E-state index < -0.39 is 17.5 Å². The van der Waals surface area contributed by atoms with Crippen LogP contribution < -0.4 is 0 Å². The molecule has 0 N–H and O–H groups in total. The Morgan fingerprint density at radius 2 is 1.83 bits per heavy atom. The first-order chi connectivity index (χ1) is 11.3. The summed E-state index contributed by atoms with van der Waals surface area (Å²) in [6, 6.07) is 8.16. The van der Waals surface area contributed by atoms with Gasteiger partial charge in [0.2, 0.25) is 0 Å². The van der Waals surface area contributed by atoms with Gasteiger partial charge in [0.1, 0.15) is 11.6 Å². The number of nitrogens with zero attached hydrogens (tertiary/aromatic N) is 1. The molecule has 0 aliphatic carbocycles. The molecule has 2 nitrogen and oxygen atoms in total. The van der Waals surface area contributed by atoms with E-state index in [9.17, 15) is 13.6 Å². The molecule has 0 fully saturated rings. The van der Waals surface area contributed by atoms with Gasteiger partial charge in [0.05, 0.1) is 15.6 Å². The predicted molar refractivity (Wildman–Crippen MR) is 92.8 cm³/mol. The summed E-state index contributed by atoms with van der Waals surface area (Å²) >= 11 is 12.0. The lowest BCUT2D eigenvalue weighted by Crippen LogP contribution is -2.31. The topological polar surface area (TPSA) is 20.3 Å². The van der Waals surface area contributed by atoms with Crippen molar-refractivity contribution >= 4 is 29.1 Å². The number of hydrogen-bond acceptors (Lipinski definition) is 1. The zero-order chi connectivity index (χ0) is 17.9. The van der Waals surface area contributed by atoms with Crippen molar-refractivity contribution in [1.29, 1.82) is 0 Å². The van der Waals surface area contributed by atoms with Crippen LogP contribution in [0.5, 0.6) is 0 Å². The third kappa shape index (κ3) is 4.25. The molecule has 1 amide bonds. The summed E-state index contributed by atoms with van der Waals surface area (Å²) in [6.45, 7) is 2.33. The van der Waals surface area contributed by atoms with Gasteiger partial charge < -0.3 is 4.90 Å². The van der Waals surface area contributed by atoms with Crippen LogP contribution in [0.3, 0.4) is 0 Å². The van der Waals surface area contributed by atoms with Gasteiger partial charge in [-0.2, -0.15) is 0 Å². The monoisotopic (exact) mass is 371 g/mol. The van der Waals surface area contributed by atoms with Crippen molar-refractivity contribution in [3.05, 3.63) is 69.2 Å². The highest BCUT2D eigenvalue weighted by Crippen LogP contribution is 2.28. The van der Waals surface area contributed by atoms with Crippen molar-refractivity contribution in [1.82, 2.24) is 4.90 Å². The third-order valence-corrected chi connectivity index (χ3v) is 4.65. The van der Waals surface area contributed by atoms with E-state index >= 15 is 0 Å². The molecule has 1 unspecified atom stereocenters. The minimum Gasteiger partial charge on any atom is -0.341 e. The van der Waals surface area contributed by atoms with Gasteiger partial charge in [-0.1, -0.05) is 36.2 Å². The average molecular weight is 372 g/mol. The van der Waals surface area contributed by atoms with Gasteiger partial charge in [-0.3, -0.25) is 4.79 Å². The Hall–Kier alpha value is -1.65. The molecule has 24 heavy (non-hydrogen) atoms. The second-order valence-corrected chi connectivity index (χ2v) is 6.40. The van der Waals surface area contributed by atoms with E-state index in [1.165, 1.54) is 4.90 Å². The molecular weight excluding hydrogens is 355 g/mol. The molecular formula is C18H17Cl2F2NO. The van der Waals surface area contributed by atoms with Crippen LogP contribution in [-0.2, 0) is 0 Å². The fraction of sp³-hybridized carbons (Fsp3) is 0.278. The van der Waals surface area contributed by atoms with E-state index in [4.69, 9.17) is 23.2 Å². The number of carbonyl (C=O) groups is 1. The first kappa shape index (κ1) is 18.7. The standard InChI is InChI=1S/C18H17Cl2F2NO/c1-3-11(12-4-6-15(19)16(20)8-12)10-23(2)18(24)14-9-13(21)5-7-17(14)22/h4-9,11H,3,10H2,1-2H3. The Labute approximate surface area is 150 Å². The summed E-state index contributed by atoms with van der Waals surface area (Å²) in [5.41, 5.74) is 0.660. The van der Waals surface area contributed by atoms with Gasteiger partial charge in [0.25, 0.3) is 5.91 Å². The molecule has 2 aromatic carbocycles. The predicted octanol–water partition coefficient (Wildman–Crippen LogP) is 5.54. The van der Waals surface area contributed by atoms with E-state index in [-0.39, 0.29) is 11.5 Å². The van der Waals surface area contributed by atoms with Crippen LogP contribution in [0.15, 0.2) is 36.4 Å². The van der Waals surface area contributed by atoms with E-state index in [1.807, 2.05) is 13.0 Å². The molecule has 2 aromatic rings. The molecule has 0 saturated heterocycles. The first-order valence-electron chi connectivity index (χ1n) is 7.49. The Kier molecular flexibility index (Phi) is 6.19. The van der Waals surface area contributed by atoms with Crippen molar-refractivity contribution in [2.45, 2.75) is 19.3 Å². The normalized spacial score (nSPS) is 12.1.